The van der Waals surface area contributed by atoms with Gasteiger partial charge in [-0.3, -0.25) is 15.0 Å². The minimum Gasteiger partial charge on any atom is -0.487 e. The Morgan fingerprint density at radius 3 is 2.48 bits per heavy atom. The Morgan fingerprint density at radius 1 is 1.00 bits per heavy atom. The van der Waals surface area contributed by atoms with E-state index in [-0.39, 0.29) is 12.1 Å². The fourth-order valence-corrected chi connectivity index (χ4v) is 6.34. The molecule has 2 aliphatic rings. The molecule has 0 amide bonds. The van der Waals surface area contributed by atoms with Crippen LogP contribution in [0.25, 0.3) is 11.1 Å². The van der Waals surface area contributed by atoms with Gasteiger partial charge in [0.15, 0.2) is 0 Å². The van der Waals surface area contributed by atoms with Crippen LogP contribution < -0.4 is 20.1 Å². The van der Waals surface area contributed by atoms with Crippen LogP contribution in [0.5, 0.6) is 11.6 Å². The molecule has 284 valence electrons. The first-order valence-electron chi connectivity index (χ1n) is 18.0. The van der Waals surface area contributed by atoms with E-state index in [1.165, 1.54) is 6.34 Å². The molecule has 15 nitrogen and oxygen atoms in total. The van der Waals surface area contributed by atoms with Gasteiger partial charge in [0.25, 0.3) is 5.88 Å². The first kappa shape index (κ1) is 39.3. The van der Waals surface area contributed by atoms with Crippen molar-refractivity contribution in [3.05, 3.63) is 41.8 Å². The lowest BCUT2D eigenvalue weighted by Crippen LogP contribution is -2.45. The van der Waals surface area contributed by atoms with E-state index >= 15 is 0 Å². The summed E-state index contributed by atoms with van der Waals surface area (Å²) < 4.78 is 36.0. The molecule has 1 aliphatic heterocycles. The number of aliphatic imine (C=N–C) groups is 1. The largest absolute Gasteiger partial charge is 0.487 e. The second-order valence-electron chi connectivity index (χ2n) is 12.7. The van der Waals surface area contributed by atoms with Gasteiger partial charge in [0, 0.05) is 57.2 Å². The number of benzene rings is 1. The maximum Gasteiger partial charge on any atom is 0.256 e. The van der Waals surface area contributed by atoms with Gasteiger partial charge in [-0.2, -0.15) is 0 Å². The van der Waals surface area contributed by atoms with Crippen LogP contribution in [0.2, 0.25) is 5.02 Å². The molecule has 3 N–H and O–H groups in total. The molecule has 0 unspecified atom stereocenters. The average molecular weight is 742 g/mol. The van der Waals surface area contributed by atoms with E-state index in [9.17, 15) is 0 Å². The molecule has 0 bridgehead atoms. The number of hydrogen-bond donors (Lipinski definition) is 3. The topological polar surface area (TPSA) is 162 Å². The fraction of sp³-hybridized carbons (Fsp3) is 0.583. The Morgan fingerprint density at radius 2 is 1.73 bits per heavy atom. The first-order valence-corrected chi connectivity index (χ1v) is 18.4. The summed E-state index contributed by atoms with van der Waals surface area (Å²) in [5, 5.41) is 18.7. The molecule has 52 heavy (non-hydrogen) atoms. The Labute approximate surface area is 310 Å². The van der Waals surface area contributed by atoms with Crippen LogP contribution in [0.3, 0.4) is 0 Å². The van der Waals surface area contributed by atoms with E-state index < -0.39 is 0 Å². The molecule has 1 atom stereocenters. The van der Waals surface area contributed by atoms with Crippen molar-refractivity contribution in [3.8, 4) is 22.8 Å². The number of ether oxygens (including phenoxy) is 6. The normalized spacial score (nSPS) is 18.7. The van der Waals surface area contributed by atoms with Crippen LogP contribution in [-0.2, 0) is 18.9 Å². The second kappa shape index (κ2) is 21.6. The van der Waals surface area contributed by atoms with Crippen LogP contribution in [-0.4, -0.2) is 129 Å². The van der Waals surface area contributed by atoms with Crippen LogP contribution in [0.1, 0.15) is 45.1 Å². The molecule has 1 aromatic carbocycles. The smallest absolute Gasteiger partial charge is 0.256 e. The zero-order valence-corrected chi connectivity index (χ0v) is 30.9. The SMILES string of the molecule is COCCOCCOCCCOc1nn(C2CCC(N3CCOCC3)CC2)cc1Nc1ncc(-c2ccc(Cl)c(O[C@@H](C)CN/C=N\C=N)c2)cn1. The number of halogens is 1. The van der Waals surface area contributed by atoms with Gasteiger partial charge < -0.3 is 39.1 Å². The molecule has 3 aromatic rings. The van der Waals surface area contributed by atoms with Crippen molar-refractivity contribution < 1.29 is 28.4 Å². The predicted molar refractivity (Wildman–Crippen MR) is 201 cm³/mol. The number of nitrogens with zero attached hydrogens (tertiary/aromatic N) is 6. The van der Waals surface area contributed by atoms with Gasteiger partial charge in [-0.05, 0) is 50.3 Å². The Balaban J connectivity index is 1.20. The molecule has 2 aromatic heterocycles. The average Bonchev–Trinajstić information content (AvgIpc) is 3.58. The third-order valence-electron chi connectivity index (χ3n) is 8.91. The number of rotatable bonds is 22. The van der Waals surface area contributed by atoms with Crippen LogP contribution in [0.4, 0.5) is 11.6 Å². The minimum atomic E-state index is -0.191. The molecule has 3 heterocycles. The van der Waals surface area contributed by atoms with Gasteiger partial charge in [-0.15, -0.1) is 5.10 Å². The minimum absolute atomic E-state index is 0.191. The summed E-state index contributed by atoms with van der Waals surface area (Å²) in [4.78, 5) is 15.5. The lowest BCUT2D eigenvalue weighted by molar-refractivity contribution is 0.00502. The predicted octanol–water partition coefficient (Wildman–Crippen LogP) is 4.99. The van der Waals surface area contributed by atoms with Crippen molar-refractivity contribution in [2.24, 2.45) is 4.99 Å². The molecule has 1 saturated carbocycles. The van der Waals surface area contributed by atoms with Gasteiger partial charge >= 0.3 is 0 Å². The molecule has 5 rings (SSSR count). The van der Waals surface area contributed by atoms with Crippen molar-refractivity contribution in [2.45, 2.75) is 57.2 Å². The van der Waals surface area contributed by atoms with Crippen LogP contribution >= 0.6 is 11.6 Å². The summed E-state index contributed by atoms with van der Waals surface area (Å²) >= 11 is 6.45. The molecule has 2 fully saturated rings. The number of morpholine rings is 1. The van der Waals surface area contributed by atoms with Crippen molar-refractivity contribution >= 4 is 35.9 Å². The Hall–Kier alpha value is -3.86. The highest BCUT2D eigenvalue weighted by Crippen LogP contribution is 2.35. The molecule has 16 heteroatoms. The highest BCUT2D eigenvalue weighted by molar-refractivity contribution is 6.32. The van der Waals surface area contributed by atoms with E-state index in [1.54, 1.807) is 25.6 Å². The monoisotopic (exact) mass is 741 g/mol. The number of hydrogen-bond acceptors (Lipinski definition) is 12. The van der Waals surface area contributed by atoms with Crippen LogP contribution in [0.15, 0.2) is 41.8 Å². The quantitative estimate of drug-likeness (QED) is 0.0720. The van der Waals surface area contributed by atoms with Gasteiger partial charge in [-0.25, -0.2) is 15.0 Å². The van der Waals surface area contributed by atoms with E-state index in [0.29, 0.717) is 86.9 Å². The van der Waals surface area contributed by atoms with E-state index in [2.05, 4.69) is 30.5 Å². The summed E-state index contributed by atoms with van der Waals surface area (Å²) in [6, 6.07) is 6.46. The Bertz CT molecular complexity index is 1510. The second-order valence-corrected chi connectivity index (χ2v) is 13.1. The fourth-order valence-electron chi connectivity index (χ4n) is 6.18. The molecular weight excluding hydrogens is 690 g/mol. The molecule has 1 saturated heterocycles. The maximum atomic E-state index is 6.97. The number of methoxy groups -OCH3 is 1. The van der Waals surface area contributed by atoms with E-state index in [4.69, 9.17) is 50.5 Å². The lowest BCUT2D eigenvalue weighted by atomic mass is 9.90. The molecule has 0 spiro atoms. The maximum absolute atomic E-state index is 6.97. The van der Waals surface area contributed by atoms with Crippen LogP contribution in [0, 0.1) is 5.41 Å². The van der Waals surface area contributed by atoms with Crippen molar-refractivity contribution in [3.63, 3.8) is 0 Å². The lowest BCUT2D eigenvalue weighted by Gasteiger charge is -2.38. The van der Waals surface area contributed by atoms with Gasteiger partial charge in [-0.1, -0.05) is 17.7 Å². The van der Waals surface area contributed by atoms with E-state index in [1.807, 2.05) is 29.9 Å². The third-order valence-corrected chi connectivity index (χ3v) is 9.23. The summed E-state index contributed by atoms with van der Waals surface area (Å²) in [5.41, 5.74) is 2.39. The summed E-state index contributed by atoms with van der Waals surface area (Å²) in [7, 11) is 1.65. The highest BCUT2D eigenvalue weighted by Gasteiger charge is 2.29. The number of nitrogens with one attached hydrogen (secondary N) is 3. The summed E-state index contributed by atoms with van der Waals surface area (Å²) in [6.07, 6.45) is 12.8. The van der Waals surface area contributed by atoms with Crippen molar-refractivity contribution in [1.82, 2.24) is 30.0 Å². The summed E-state index contributed by atoms with van der Waals surface area (Å²) in [6.45, 7) is 9.28. The highest BCUT2D eigenvalue weighted by atomic mass is 35.5. The number of aromatic nitrogens is 4. The molecular formula is C36H52ClN9O6. The standard InChI is InChI=1S/C36H52ClN9O6/c1-27(21-39-26-40-25-38)52-34-20-28(4-9-32(34)37)29-22-41-36(42-23-29)43-33-24-46(31-7-5-30(6-8-31)45-10-14-49-15-11-45)44-35(33)51-13-3-12-48-18-19-50-17-16-47-2/h4,9,20,22-27,30-31H,3,5-8,10-19,21H2,1-2H3,(H2,38,39,40)(H,41,42,43)/t27-,30?,31?/m0/s1. The number of anilines is 2. The van der Waals surface area contributed by atoms with Gasteiger partial charge in [0.2, 0.25) is 5.95 Å². The third kappa shape index (κ3) is 12.4. The van der Waals surface area contributed by atoms with Crippen molar-refractivity contribution in [1.29, 1.82) is 5.41 Å². The zero-order chi connectivity index (χ0) is 36.4. The zero-order valence-electron chi connectivity index (χ0n) is 30.2. The van der Waals surface area contributed by atoms with Gasteiger partial charge in [0.05, 0.1) is 76.4 Å². The van der Waals surface area contributed by atoms with Crippen molar-refractivity contribution in [2.75, 3.05) is 84.9 Å². The molecule has 1 aliphatic carbocycles. The van der Waals surface area contributed by atoms with E-state index in [0.717, 1.165) is 69.5 Å². The Kier molecular flexibility index (Phi) is 16.4. The molecule has 0 radical (unpaired) electrons. The van der Waals surface area contributed by atoms with Gasteiger partial charge in [0.1, 0.15) is 23.9 Å². The first-order chi connectivity index (χ1) is 25.5. The summed E-state index contributed by atoms with van der Waals surface area (Å²) in [5.74, 6) is 1.49.